The molecule has 0 fully saturated rings. The summed E-state index contributed by atoms with van der Waals surface area (Å²) in [5.74, 6) is -0.674. The van der Waals surface area contributed by atoms with E-state index in [1.54, 1.807) is 48.3 Å². The summed E-state index contributed by atoms with van der Waals surface area (Å²) in [6, 6.07) is 6.86. The minimum atomic E-state index is -0.403. The second kappa shape index (κ2) is 7.22. The monoisotopic (exact) mass is 357 g/mol. The summed E-state index contributed by atoms with van der Waals surface area (Å²) in [5.41, 5.74) is 3.85. The number of anilines is 1. The molecule has 0 aliphatic carbocycles. The number of ether oxygens (including phenoxy) is 1. The number of esters is 1. The van der Waals surface area contributed by atoms with Gasteiger partial charge in [0.2, 0.25) is 5.13 Å². The number of rotatable bonds is 5. The highest BCUT2D eigenvalue weighted by molar-refractivity contribution is 7.13. The lowest BCUT2D eigenvalue weighted by Crippen LogP contribution is -2.12. The quantitative estimate of drug-likeness (QED) is 0.704. The Kier molecular flexibility index (Phi) is 4.85. The van der Waals surface area contributed by atoms with Crippen LogP contribution in [0.4, 0.5) is 5.13 Å². The van der Waals surface area contributed by atoms with Gasteiger partial charge in [0.05, 0.1) is 24.2 Å². The topological polar surface area (TPSA) is 99.0 Å². The molecule has 2 heterocycles. The van der Waals surface area contributed by atoms with Gasteiger partial charge >= 0.3 is 5.97 Å². The van der Waals surface area contributed by atoms with Crippen LogP contribution in [0.1, 0.15) is 33.3 Å². The lowest BCUT2D eigenvalue weighted by molar-refractivity contribution is 0.0525. The number of carbonyl (C=O) groups excluding carboxylic acids is 2. The molecule has 1 N–H and O–H groups in total. The third kappa shape index (κ3) is 3.56. The smallest absolute Gasteiger partial charge is 0.341 e. The van der Waals surface area contributed by atoms with Crippen LogP contribution >= 0.6 is 11.3 Å². The summed E-state index contributed by atoms with van der Waals surface area (Å²) in [7, 11) is 0. The molecule has 9 heteroatoms. The molecular formula is C16H15N5O3S. The molecule has 0 spiro atoms. The van der Waals surface area contributed by atoms with E-state index in [2.05, 4.69) is 20.6 Å². The maximum absolute atomic E-state index is 12.1. The van der Waals surface area contributed by atoms with Crippen LogP contribution in [0, 0.1) is 6.92 Å². The minimum absolute atomic E-state index is 0.271. The van der Waals surface area contributed by atoms with Crippen LogP contribution < -0.4 is 5.32 Å². The predicted octanol–water partition coefficient (Wildman–Crippen LogP) is 2.46. The number of hydrogen-bond donors (Lipinski definition) is 1. The van der Waals surface area contributed by atoms with Crippen molar-refractivity contribution in [2.24, 2.45) is 0 Å². The van der Waals surface area contributed by atoms with Crippen LogP contribution in [0.25, 0.3) is 5.69 Å². The van der Waals surface area contributed by atoms with Gasteiger partial charge in [-0.1, -0.05) is 11.3 Å². The van der Waals surface area contributed by atoms with E-state index in [0.29, 0.717) is 28.6 Å². The minimum Gasteiger partial charge on any atom is -0.462 e. The SMILES string of the molecule is CCOC(=O)c1cnn(-c2ccc(C(=O)Nc3nncs3)cc2)c1C. The van der Waals surface area contributed by atoms with Crippen molar-refractivity contribution in [2.75, 3.05) is 11.9 Å². The van der Waals surface area contributed by atoms with Crippen molar-refractivity contribution in [3.8, 4) is 5.69 Å². The van der Waals surface area contributed by atoms with E-state index in [0.717, 1.165) is 5.69 Å². The van der Waals surface area contributed by atoms with Gasteiger partial charge in [0.25, 0.3) is 5.91 Å². The first-order valence-corrected chi connectivity index (χ1v) is 8.37. The predicted molar refractivity (Wildman–Crippen MR) is 92.1 cm³/mol. The fourth-order valence-corrected chi connectivity index (χ4v) is 2.67. The Hall–Kier alpha value is -3.07. The van der Waals surface area contributed by atoms with Gasteiger partial charge in [-0.25, -0.2) is 9.48 Å². The van der Waals surface area contributed by atoms with E-state index in [9.17, 15) is 9.59 Å². The number of nitrogens with one attached hydrogen (secondary N) is 1. The van der Waals surface area contributed by atoms with Gasteiger partial charge in [-0.05, 0) is 38.1 Å². The Labute approximate surface area is 147 Å². The molecule has 128 valence electrons. The fraction of sp³-hybridized carbons (Fsp3) is 0.188. The molecule has 0 atom stereocenters. The summed E-state index contributed by atoms with van der Waals surface area (Å²) in [6.45, 7) is 3.85. The van der Waals surface area contributed by atoms with E-state index in [1.807, 2.05) is 0 Å². The van der Waals surface area contributed by atoms with E-state index in [1.165, 1.54) is 17.5 Å². The summed E-state index contributed by atoms with van der Waals surface area (Å²) in [6.07, 6.45) is 1.48. The second-order valence-electron chi connectivity index (χ2n) is 5.02. The summed E-state index contributed by atoms with van der Waals surface area (Å²) >= 11 is 1.25. The number of hydrogen-bond acceptors (Lipinski definition) is 7. The van der Waals surface area contributed by atoms with Gasteiger partial charge in [0.15, 0.2) is 0 Å². The normalized spacial score (nSPS) is 10.5. The molecule has 8 nitrogen and oxygen atoms in total. The molecule has 0 radical (unpaired) electrons. The molecule has 0 saturated carbocycles. The molecule has 3 rings (SSSR count). The van der Waals surface area contributed by atoms with Crippen LogP contribution in [0.15, 0.2) is 36.0 Å². The van der Waals surface area contributed by atoms with Gasteiger partial charge in [0.1, 0.15) is 11.1 Å². The van der Waals surface area contributed by atoms with Crippen LogP contribution in [0.2, 0.25) is 0 Å². The maximum atomic E-state index is 12.1. The lowest BCUT2D eigenvalue weighted by Gasteiger charge is -2.07. The molecule has 0 bridgehead atoms. The molecule has 3 aromatic rings. The molecule has 1 aromatic carbocycles. The van der Waals surface area contributed by atoms with E-state index in [4.69, 9.17) is 4.74 Å². The molecule has 0 unspecified atom stereocenters. The Bertz CT molecular complexity index is 887. The van der Waals surface area contributed by atoms with Crippen LogP contribution in [-0.4, -0.2) is 38.5 Å². The first-order valence-electron chi connectivity index (χ1n) is 7.50. The zero-order valence-corrected chi connectivity index (χ0v) is 14.4. The van der Waals surface area contributed by atoms with Gasteiger partial charge in [0, 0.05) is 5.56 Å². The van der Waals surface area contributed by atoms with Gasteiger partial charge in [-0.15, -0.1) is 10.2 Å². The maximum Gasteiger partial charge on any atom is 0.341 e. The molecule has 0 aliphatic heterocycles. The van der Waals surface area contributed by atoms with Crippen molar-refractivity contribution < 1.29 is 14.3 Å². The summed E-state index contributed by atoms with van der Waals surface area (Å²) < 4.78 is 6.63. The Morgan fingerprint density at radius 2 is 2.04 bits per heavy atom. The third-order valence-electron chi connectivity index (χ3n) is 3.46. The van der Waals surface area contributed by atoms with Crippen molar-refractivity contribution in [3.05, 3.63) is 52.8 Å². The van der Waals surface area contributed by atoms with Crippen molar-refractivity contribution in [2.45, 2.75) is 13.8 Å². The highest BCUT2D eigenvalue weighted by atomic mass is 32.1. The van der Waals surface area contributed by atoms with Crippen molar-refractivity contribution in [3.63, 3.8) is 0 Å². The Morgan fingerprint density at radius 1 is 1.28 bits per heavy atom. The van der Waals surface area contributed by atoms with Crippen molar-refractivity contribution in [1.29, 1.82) is 0 Å². The zero-order valence-electron chi connectivity index (χ0n) is 13.6. The highest BCUT2D eigenvalue weighted by Crippen LogP contribution is 2.17. The van der Waals surface area contributed by atoms with Gasteiger partial charge in [-0.3, -0.25) is 10.1 Å². The number of amides is 1. The van der Waals surface area contributed by atoms with Gasteiger partial charge in [-0.2, -0.15) is 5.10 Å². The Morgan fingerprint density at radius 3 is 2.68 bits per heavy atom. The standard InChI is InChI=1S/C16H15N5O3S/c1-3-24-15(23)13-8-18-21(10(13)2)12-6-4-11(5-7-12)14(22)19-16-20-17-9-25-16/h4-9H,3H2,1-2H3,(H,19,20,22). The Balaban J connectivity index is 1.78. The van der Waals surface area contributed by atoms with Gasteiger partial charge < -0.3 is 4.74 Å². The first kappa shape index (κ1) is 16.8. The molecule has 0 saturated heterocycles. The van der Waals surface area contributed by atoms with Crippen LogP contribution in [-0.2, 0) is 4.74 Å². The lowest BCUT2D eigenvalue weighted by atomic mass is 10.2. The van der Waals surface area contributed by atoms with E-state index >= 15 is 0 Å². The molecule has 25 heavy (non-hydrogen) atoms. The zero-order chi connectivity index (χ0) is 17.8. The number of carbonyl (C=O) groups is 2. The fourth-order valence-electron chi connectivity index (χ4n) is 2.23. The largest absolute Gasteiger partial charge is 0.462 e. The number of aromatic nitrogens is 4. The van der Waals surface area contributed by atoms with Crippen LogP contribution in [0.3, 0.4) is 0 Å². The second-order valence-corrected chi connectivity index (χ2v) is 5.85. The summed E-state index contributed by atoms with van der Waals surface area (Å²) in [5, 5.41) is 14.8. The average molecular weight is 357 g/mol. The number of nitrogens with zero attached hydrogens (tertiary/aromatic N) is 4. The average Bonchev–Trinajstić information content (AvgIpc) is 3.25. The van der Waals surface area contributed by atoms with E-state index < -0.39 is 5.97 Å². The van der Waals surface area contributed by atoms with Crippen molar-refractivity contribution >= 4 is 28.3 Å². The molecule has 2 aromatic heterocycles. The van der Waals surface area contributed by atoms with E-state index in [-0.39, 0.29) is 5.91 Å². The number of benzene rings is 1. The molecule has 0 aliphatic rings. The third-order valence-corrected chi connectivity index (χ3v) is 4.07. The molecule has 1 amide bonds. The molecular weight excluding hydrogens is 342 g/mol. The van der Waals surface area contributed by atoms with Crippen LogP contribution in [0.5, 0.6) is 0 Å². The first-order chi connectivity index (χ1) is 12.1. The highest BCUT2D eigenvalue weighted by Gasteiger charge is 2.16. The summed E-state index contributed by atoms with van der Waals surface area (Å²) in [4.78, 5) is 24.0. The van der Waals surface area contributed by atoms with Crippen molar-refractivity contribution in [1.82, 2.24) is 20.0 Å².